The van der Waals surface area contributed by atoms with E-state index < -0.39 is 6.10 Å². The molecule has 0 saturated heterocycles. The lowest BCUT2D eigenvalue weighted by molar-refractivity contribution is 0.224. The van der Waals surface area contributed by atoms with E-state index in [1.54, 1.807) is 11.3 Å². The number of aliphatic hydroxyl groups is 1. The highest BCUT2D eigenvalue weighted by Gasteiger charge is 2.11. The molecule has 2 rings (SSSR count). The Labute approximate surface area is 98.0 Å². The van der Waals surface area contributed by atoms with Gasteiger partial charge in [-0.3, -0.25) is 0 Å². The minimum atomic E-state index is -0.541. The van der Waals surface area contributed by atoms with Gasteiger partial charge in [-0.05, 0) is 35.6 Å². The predicted octanol–water partition coefficient (Wildman–Crippen LogP) is 3.79. The third-order valence-corrected chi connectivity index (χ3v) is 3.66. The third-order valence-electron chi connectivity index (χ3n) is 2.31. The average Bonchev–Trinajstić information content (AvgIpc) is 2.74. The normalized spacial score (nSPS) is 12.7. The number of halogens is 1. The number of rotatable bonds is 2. The van der Waals surface area contributed by atoms with Gasteiger partial charge in [0.05, 0.1) is 0 Å². The van der Waals surface area contributed by atoms with Crippen LogP contribution in [0.5, 0.6) is 0 Å². The maximum atomic E-state index is 10.1. The van der Waals surface area contributed by atoms with Crippen molar-refractivity contribution in [3.63, 3.8) is 0 Å². The molecule has 1 N–H and O–H groups in total. The molecule has 0 bridgehead atoms. The van der Waals surface area contributed by atoms with Gasteiger partial charge in [0.15, 0.2) is 0 Å². The second-order valence-electron chi connectivity index (χ2n) is 3.43. The molecule has 1 aromatic carbocycles. The van der Waals surface area contributed by atoms with Crippen LogP contribution in [0.15, 0.2) is 35.7 Å². The van der Waals surface area contributed by atoms with Crippen molar-refractivity contribution < 1.29 is 5.11 Å². The van der Waals surface area contributed by atoms with Gasteiger partial charge in [-0.25, -0.2) is 0 Å². The maximum Gasteiger partial charge on any atom is 0.113 e. The van der Waals surface area contributed by atoms with E-state index in [-0.39, 0.29) is 0 Å². The number of thiophene rings is 1. The zero-order valence-corrected chi connectivity index (χ0v) is 9.85. The van der Waals surface area contributed by atoms with Gasteiger partial charge in [-0.1, -0.05) is 29.8 Å². The fourth-order valence-electron chi connectivity index (χ4n) is 1.45. The summed E-state index contributed by atoms with van der Waals surface area (Å²) in [5, 5.41) is 12.8. The van der Waals surface area contributed by atoms with Gasteiger partial charge in [0, 0.05) is 9.90 Å². The van der Waals surface area contributed by atoms with Crippen LogP contribution in [-0.4, -0.2) is 5.11 Å². The third kappa shape index (κ3) is 2.23. The number of aryl methyl sites for hydroxylation is 1. The highest BCUT2D eigenvalue weighted by atomic mass is 35.5. The first kappa shape index (κ1) is 10.7. The molecule has 1 aromatic heterocycles. The van der Waals surface area contributed by atoms with Crippen molar-refractivity contribution in [2.45, 2.75) is 13.0 Å². The minimum absolute atomic E-state index is 0.541. The molecule has 0 fully saturated rings. The molecule has 0 aliphatic heterocycles. The molecule has 0 radical (unpaired) electrons. The Bertz CT molecular complexity index is 451. The SMILES string of the molecule is Cc1cc([C@H](O)c2cccs2)ccc1Cl. The summed E-state index contributed by atoms with van der Waals surface area (Å²) in [6.45, 7) is 1.94. The molecule has 78 valence electrons. The van der Waals surface area contributed by atoms with Crippen LogP contribution in [0.2, 0.25) is 5.02 Å². The van der Waals surface area contributed by atoms with E-state index in [0.717, 1.165) is 21.0 Å². The van der Waals surface area contributed by atoms with E-state index in [1.165, 1.54) is 0 Å². The summed E-state index contributed by atoms with van der Waals surface area (Å²) in [6, 6.07) is 9.47. The van der Waals surface area contributed by atoms with E-state index in [9.17, 15) is 5.11 Å². The Morgan fingerprint density at radius 3 is 2.73 bits per heavy atom. The van der Waals surface area contributed by atoms with Gasteiger partial charge in [0.1, 0.15) is 6.10 Å². The molecule has 1 nitrogen and oxygen atoms in total. The van der Waals surface area contributed by atoms with Crippen molar-refractivity contribution >= 4 is 22.9 Å². The molecular weight excluding hydrogens is 228 g/mol. The smallest absolute Gasteiger partial charge is 0.113 e. The number of hydrogen-bond acceptors (Lipinski definition) is 2. The van der Waals surface area contributed by atoms with Gasteiger partial charge in [-0.2, -0.15) is 0 Å². The quantitative estimate of drug-likeness (QED) is 0.844. The molecular formula is C12H11ClOS. The van der Waals surface area contributed by atoms with Crippen molar-refractivity contribution in [3.05, 3.63) is 56.7 Å². The summed E-state index contributed by atoms with van der Waals surface area (Å²) in [7, 11) is 0. The molecule has 3 heteroatoms. The molecule has 0 unspecified atom stereocenters. The molecule has 2 aromatic rings. The van der Waals surface area contributed by atoms with Crippen LogP contribution in [0.1, 0.15) is 22.1 Å². The maximum absolute atomic E-state index is 10.1. The monoisotopic (exact) mass is 238 g/mol. The fraction of sp³-hybridized carbons (Fsp3) is 0.167. The van der Waals surface area contributed by atoms with E-state index in [0.29, 0.717) is 0 Å². The lowest BCUT2D eigenvalue weighted by Gasteiger charge is -2.10. The lowest BCUT2D eigenvalue weighted by Crippen LogP contribution is -1.97. The molecule has 0 aliphatic rings. The Morgan fingerprint density at radius 1 is 1.33 bits per heavy atom. The summed E-state index contributed by atoms with van der Waals surface area (Å²) >= 11 is 7.48. The number of benzene rings is 1. The summed E-state index contributed by atoms with van der Waals surface area (Å²) in [5.74, 6) is 0. The van der Waals surface area contributed by atoms with Crippen LogP contribution >= 0.6 is 22.9 Å². The lowest BCUT2D eigenvalue weighted by atomic mass is 10.1. The Balaban J connectivity index is 2.34. The summed E-state index contributed by atoms with van der Waals surface area (Å²) in [4.78, 5) is 0.955. The second kappa shape index (κ2) is 4.35. The molecule has 0 spiro atoms. The van der Waals surface area contributed by atoms with E-state index >= 15 is 0 Å². The van der Waals surface area contributed by atoms with Gasteiger partial charge in [0.2, 0.25) is 0 Å². The second-order valence-corrected chi connectivity index (χ2v) is 4.81. The van der Waals surface area contributed by atoms with Crippen molar-refractivity contribution in [1.29, 1.82) is 0 Å². The standard InChI is InChI=1S/C12H11ClOS/c1-8-7-9(4-5-10(8)13)12(14)11-3-2-6-15-11/h2-7,12,14H,1H3/t12-/m0/s1. The molecule has 0 amide bonds. The Morgan fingerprint density at radius 2 is 2.13 bits per heavy atom. The first-order chi connectivity index (χ1) is 7.18. The zero-order valence-electron chi connectivity index (χ0n) is 8.27. The largest absolute Gasteiger partial charge is 0.383 e. The van der Waals surface area contributed by atoms with Gasteiger partial charge in [-0.15, -0.1) is 11.3 Å². The van der Waals surface area contributed by atoms with E-state index in [2.05, 4.69) is 0 Å². The molecule has 1 atom stereocenters. The van der Waals surface area contributed by atoms with E-state index in [4.69, 9.17) is 11.6 Å². The highest BCUT2D eigenvalue weighted by molar-refractivity contribution is 7.10. The van der Waals surface area contributed by atoms with Crippen LogP contribution < -0.4 is 0 Å². The minimum Gasteiger partial charge on any atom is -0.383 e. The van der Waals surface area contributed by atoms with Crippen molar-refractivity contribution in [3.8, 4) is 0 Å². The Hall–Kier alpha value is -0.830. The first-order valence-corrected chi connectivity index (χ1v) is 5.92. The molecule has 15 heavy (non-hydrogen) atoms. The zero-order chi connectivity index (χ0) is 10.8. The summed E-state index contributed by atoms with van der Waals surface area (Å²) in [6.07, 6.45) is -0.541. The van der Waals surface area contributed by atoms with Crippen LogP contribution in [0.25, 0.3) is 0 Å². The summed E-state index contributed by atoms with van der Waals surface area (Å²) < 4.78 is 0. The first-order valence-electron chi connectivity index (χ1n) is 4.66. The van der Waals surface area contributed by atoms with Crippen LogP contribution in [0.4, 0.5) is 0 Å². The van der Waals surface area contributed by atoms with Crippen molar-refractivity contribution in [1.82, 2.24) is 0 Å². The number of aliphatic hydroxyl groups excluding tert-OH is 1. The van der Waals surface area contributed by atoms with Gasteiger partial charge < -0.3 is 5.11 Å². The molecule has 1 heterocycles. The topological polar surface area (TPSA) is 20.2 Å². The van der Waals surface area contributed by atoms with E-state index in [1.807, 2.05) is 42.6 Å². The van der Waals surface area contributed by atoms with Gasteiger partial charge in [0.25, 0.3) is 0 Å². The van der Waals surface area contributed by atoms with Crippen LogP contribution in [0, 0.1) is 6.92 Å². The number of hydrogen-bond donors (Lipinski definition) is 1. The van der Waals surface area contributed by atoms with Crippen LogP contribution in [0.3, 0.4) is 0 Å². The summed E-state index contributed by atoms with van der Waals surface area (Å²) in [5.41, 5.74) is 1.88. The highest BCUT2D eigenvalue weighted by Crippen LogP contribution is 2.28. The Kier molecular flexibility index (Phi) is 3.10. The van der Waals surface area contributed by atoms with Crippen LogP contribution in [-0.2, 0) is 0 Å². The van der Waals surface area contributed by atoms with Gasteiger partial charge >= 0.3 is 0 Å². The molecule has 0 aliphatic carbocycles. The van der Waals surface area contributed by atoms with Crippen molar-refractivity contribution in [2.75, 3.05) is 0 Å². The van der Waals surface area contributed by atoms with Crippen molar-refractivity contribution in [2.24, 2.45) is 0 Å². The fourth-order valence-corrected chi connectivity index (χ4v) is 2.30. The molecule has 0 saturated carbocycles. The average molecular weight is 239 g/mol. The predicted molar refractivity (Wildman–Crippen MR) is 64.6 cm³/mol.